The van der Waals surface area contributed by atoms with Crippen molar-refractivity contribution in [2.24, 2.45) is 28.7 Å². The van der Waals surface area contributed by atoms with Crippen molar-refractivity contribution >= 4 is 17.8 Å². The van der Waals surface area contributed by atoms with Gasteiger partial charge < -0.3 is 19.1 Å². The van der Waals surface area contributed by atoms with E-state index in [1.165, 1.54) is 0 Å². The Balaban J connectivity index is -0.0000000615. The average Bonchev–Trinajstić information content (AvgIpc) is 2.75. The molecule has 0 aromatic rings. The van der Waals surface area contributed by atoms with Gasteiger partial charge in [-0.1, -0.05) is 85.1 Å². The predicted molar refractivity (Wildman–Crippen MR) is 195 cm³/mol. The second kappa shape index (κ2) is 31.8. The number of methoxy groups -OCH3 is 1. The number of aliphatic imine (C=N–C) groups is 1. The number of amides is 1. The normalized spacial score (nSPS) is 10.7. The first-order valence-corrected chi connectivity index (χ1v) is 14.7. The Morgan fingerprint density at radius 1 is 0.651 bits per heavy atom. The molecule has 1 amide bonds. The highest BCUT2D eigenvalue weighted by Crippen LogP contribution is 2.21. The fourth-order valence-corrected chi connectivity index (χ4v) is 2.47. The molecule has 268 valence electrons. The number of ether oxygens (including phenoxy) is 3. The van der Waals surface area contributed by atoms with Crippen LogP contribution >= 0.6 is 0 Å². The van der Waals surface area contributed by atoms with Gasteiger partial charge in [-0.3, -0.25) is 14.6 Å². The quantitative estimate of drug-likeness (QED) is 0.145. The molecule has 0 N–H and O–H groups in total. The minimum atomic E-state index is -0.120. The van der Waals surface area contributed by atoms with Crippen LogP contribution in [0.3, 0.4) is 0 Å². The Morgan fingerprint density at radius 2 is 1.05 bits per heavy atom. The van der Waals surface area contributed by atoms with E-state index in [-0.39, 0.29) is 65.1 Å². The summed E-state index contributed by atoms with van der Waals surface area (Å²) >= 11 is 0. The van der Waals surface area contributed by atoms with Crippen molar-refractivity contribution in [2.45, 2.75) is 184 Å². The van der Waals surface area contributed by atoms with E-state index in [0.29, 0.717) is 30.0 Å². The maximum atomic E-state index is 11.2. The van der Waals surface area contributed by atoms with Gasteiger partial charge in [0.1, 0.15) is 0 Å². The molecule has 0 fully saturated rings. The van der Waals surface area contributed by atoms with Crippen LogP contribution in [0, 0.1) is 23.7 Å². The molecule has 0 atom stereocenters. The number of esters is 1. The number of hydrogen-bond donors (Lipinski definition) is 0. The van der Waals surface area contributed by atoms with E-state index in [1.54, 1.807) is 12.0 Å². The molecular formula is C36H84N2O5. The molecule has 0 unspecified atom stereocenters. The summed E-state index contributed by atoms with van der Waals surface area (Å²) in [6, 6.07) is 0.646. The fourth-order valence-electron chi connectivity index (χ4n) is 2.47. The zero-order valence-corrected chi connectivity index (χ0v) is 29.6. The van der Waals surface area contributed by atoms with Crippen LogP contribution in [-0.4, -0.2) is 66.7 Å². The number of hydrogen-bond acceptors (Lipinski definition) is 6. The zero-order valence-electron chi connectivity index (χ0n) is 29.6. The lowest BCUT2D eigenvalue weighted by atomic mass is 9.94. The average molecular weight is 625 g/mol. The summed E-state index contributed by atoms with van der Waals surface area (Å²) in [6.45, 7) is 36.2. The van der Waals surface area contributed by atoms with E-state index in [0.717, 1.165) is 5.90 Å². The summed E-state index contributed by atoms with van der Waals surface area (Å²) in [4.78, 5) is 28.0. The van der Waals surface area contributed by atoms with Gasteiger partial charge in [0.15, 0.2) is 5.90 Å². The van der Waals surface area contributed by atoms with Crippen molar-refractivity contribution in [3.05, 3.63) is 0 Å². The van der Waals surface area contributed by atoms with Crippen molar-refractivity contribution in [2.75, 3.05) is 14.2 Å². The van der Waals surface area contributed by atoms with Crippen molar-refractivity contribution in [3.8, 4) is 0 Å². The molecule has 7 heteroatoms. The molecule has 0 aliphatic rings. The maximum Gasteiger partial charge on any atom is 0.308 e. The Hall–Kier alpha value is -1.63. The molecule has 0 aromatic heterocycles. The van der Waals surface area contributed by atoms with E-state index in [9.17, 15) is 9.59 Å². The minimum absolute atomic E-state index is 0. The minimum Gasteiger partial charge on any atom is -0.484 e. The number of nitrogens with zero attached hydrogens (tertiary/aromatic N) is 2. The van der Waals surface area contributed by atoms with Gasteiger partial charge in [-0.2, -0.15) is 0 Å². The van der Waals surface area contributed by atoms with Crippen LogP contribution in [0.5, 0.6) is 0 Å². The first-order chi connectivity index (χ1) is 17.4. The van der Waals surface area contributed by atoms with Gasteiger partial charge >= 0.3 is 5.97 Å². The third kappa shape index (κ3) is 38.3. The van der Waals surface area contributed by atoms with Gasteiger partial charge in [0.2, 0.25) is 5.91 Å². The molecule has 0 bridgehead atoms. The van der Waals surface area contributed by atoms with Gasteiger partial charge in [0, 0.05) is 31.0 Å². The molecule has 0 spiro atoms. The lowest BCUT2D eigenvalue weighted by Crippen LogP contribution is -2.35. The summed E-state index contributed by atoms with van der Waals surface area (Å²) in [5.41, 5.74) is 0.0220. The molecule has 0 radical (unpaired) electrons. The summed E-state index contributed by atoms with van der Waals surface area (Å²) in [5, 5.41) is 0. The van der Waals surface area contributed by atoms with Crippen molar-refractivity contribution in [3.63, 3.8) is 0 Å². The van der Waals surface area contributed by atoms with Gasteiger partial charge in [-0.15, -0.1) is 0 Å². The lowest BCUT2D eigenvalue weighted by Gasteiger charge is -2.31. The van der Waals surface area contributed by atoms with E-state index >= 15 is 0 Å². The van der Waals surface area contributed by atoms with E-state index < -0.39 is 0 Å². The van der Waals surface area contributed by atoms with Crippen LogP contribution in [0.25, 0.3) is 0 Å². The summed E-state index contributed by atoms with van der Waals surface area (Å²) < 4.78 is 15.6. The summed E-state index contributed by atoms with van der Waals surface area (Å²) in [6.07, 6.45) is 0.345. The highest BCUT2D eigenvalue weighted by molar-refractivity contribution is 5.78. The zero-order chi connectivity index (χ0) is 32.3. The van der Waals surface area contributed by atoms with Gasteiger partial charge in [0.05, 0.1) is 30.8 Å². The highest BCUT2D eigenvalue weighted by atomic mass is 16.5. The third-order valence-corrected chi connectivity index (χ3v) is 5.46. The Kier molecular flexibility index (Phi) is 44.8. The SMILES string of the molecule is C.C.C.C.CC(C)C(=O)N(C)C(C)C.CC(C)OC(=O)C(C)C.CC(C)OC(C)(C)C(C)C.COC(=NC(C)C)C(C)C. The van der Waals surface area contributed by atoms with Gasteiger partial charge in [-0.25, -0.2) is 0 Å². The monoisotopic (exact) mass is 625 g/mol. The van der Waals surface area contributed by atoms with Crippen LogP contribution in [-0.2, 0) is 23.8 Å². The molecule has 7 nitrogen and oxygen atoms in total. The van der Waals surface area contributed by atoms with E-state index in [1.807, 2.05) is 76.3 Å². The number of carbonyl (C=O) groups is 2. The van der Waals surface area contributed by atoms with E-state index in [4.69, 9.17) is 14.2 Å². The standard InChI is InChI=1S/C9H20O.2C8H17NO.C7H14O2.4CH4/c1-7(2)9(5,6)10-8(3)4;1-6(2)8(10-5)9-7(3)4;1-6(2)8(10)9(5)7(3)4;1-5(2)7(8)9-6(3)4;;;;/h7-8H,1-6H3;2*6-7H,1-5H3;5-6H,1-4H3;4*1H4. The number of carbonyl (C=O) groups excluding carboxylic acids is 2. The maximum absolute atomic E-state index is 11.2. The fraction of sp³-hybridized carbons (Fsp3) is 0.917. The highest BCUT2D eigenvalue weighted by Gasteiger charge is 2.23. The van der Waals surface area contributed by atoms with Crippen LogP contribution in [0.1, 0.15) is 154 Å². The molecule has 0 aliphatic carbocycles. The van der Waals surface area contributed by atoms with Crippen molar-refractivity contribution in [1.82, 2.24) is 4.90 Å². The molecule has 0 aromatic carbocycles. The Bertz CT molecular complexity index is 650. The topological polar surface area (TPSA) is 77.4 Å². The second-order valence-corrected chi connectivity index (χ2v) is 12.7. The van der Waals surface area contributed by atoms with Crippen LogP contribution in [0.2, 0.25) is 0 Å². The first kappa shape index (κ1) is 60.5. The summed E-state index contributed by atoms with van der Waals surface area (Å²) in [7, 11) is 3.51. The third-order valence-electron chi connectivity index (χ3n) is 5.46. The van der Waals surface area contributed by atoms with Crippen LogP contribution in [0.15, 0.2) is 4.99 Å². The Morgan fingerprint density at radius 3 is 1.14 bits per heavy atom. The van der Waals surface area contributed by atoms with Crippen LogP contribution < -0.4 is 0 Å². The molecule has 0 aliphatic heterocycles. The largest absolute Gasteiger partial charge is 0.484 e. The second-order valence-electron chi connectivity index (χ2n) is 12.7. The Labute approximate surface area is 273 Å². The molecule has 0 saturated carbocycles. The number of rotatable bonds is 9. The summed E-state index contributed by atoms with van der Waals surface area (Å²) in [5.74, 6) is 2.03. The smallest absolute Gasteiger partial charge is 0.308 e. The predicted octanol–water partition coefficient (Wildman–Crippen LogP) is 10.6. The molecule has 0 saturated heterocycles. The lowest BCUT2D eigenvalue weighted by molar-refractivity contribution is -0.151. The van der Waals surface area contributed by atoms with Gasteiger partial charge in [-0.05, 0) is 75.2 Å². The van der Waals surface area contributed by atoms with Gasteiger partial charge in [0.25, 0.3) is 0 Å². The van der Waals surface area contributed by atoms with Crippen molar-refractivity contribution < 1.29 is 23.8 Å². The first-order valence-electron chi connectivity index (χ1n) is 14.7. The molecule has 43 heavy (non-hydrogen) atoms. The van der Waals surface area contributed by atoms with Crippen LogP contribution in [0.4, 0.5) is 0 Å². The van der Waals surface area contributed by atoms with E-state index in [2.05, 4.69) is 60.4 Å². The molecule has 0 heterocycles. The molecular weight excluding hydrogens is 540 g/mol. The van der Waals surface area contributed by atoms with Crippen molar-refractivity contribution in [1.29, 1.82) is 0 Å². The molecule has 0 rings (SSSR count).